The average molecular weight is 382 g/mol. The van der Waals surface area contributed by atoms with Crippen molar-refractivity contribution in [3.05, 3.63) is 86.5 Å². The van der Waals surface area contributed by atoms with Crippen LogP contribution in [0.2, 0.25) is 0 Å². The molecule has 2 aromatic carbocycles. The van der Waals surface area contributed by atoms with Crippen molar-refractivity contribution in [2.75, 3.05) is 0 Å². The zero-order valence-electron chi connectivity index (χ0n) is 13.9. The summed E-state index contributed by atoms with van der Waals surface area (Å²) in [5.41, 5.74) is -0.776. The number of benzene rings is 2. The van der Waals surface area contributed by atoms with E-state index in [0.717, 1.165) is 18.2 Å². The Morgan fingerprint density at radius 1 is 1.00 bits per heavy atom. The first-order valence-electron chi connectivity index (χ1n) is 7.57. The molecule has 0 amide bonds. The molecular weight excluding hydrogens is 372 g/mol. The molecule has 1 heterocycles. The van der Waals surface area contributed by atoms with Gasteiger partial charge in [0.25, 0.3) is 11.4 Å². The Hall–Kier alpha value is -4.48. The number of nitrogens with zero attached hydrogens (tertiary/aromatic N) is 6. The third kappa shape index (κ3) is 4.37. The van der Waals surface area contributed by atoms with Crippen LogP contribution < -0.4 is 4.74 Å². The third-order valence-electron chi connectivity index (χ3n) is 3.40. The molecule has 0 bridgehead atoms. The first kappa shape index (κ1) is 18.3. The molecule has 0 atom stereocenters. The first-order valence-corrected chi connectivity index (χ1v) is 7.57. The smallest absolute Gasteiger partial charge is 0.344 e. The molecule has 0 fully saturated rings. The summed E-state index contributed by atoms with van der Waals surface area (Å²) in [6, 6.07) is 8.79. The number of nitro benzene ring substituents is 2. The van der Waals surface area contributed by atoms with Gasteiger partial charge in [0.1, 0.15) is 18.4 Å². The molecule has 3 aromatic rings. The van der Waals surface area contributed by atoms with Crippen molar-refractivity contribution in [2.24, 2.45) is 5.10 Å². The molecule has 0 radical (unpaired) electrons. The van der Waals surface area contributed by atoms with Crippen molar-refractivity contribution in [3.8, 4) is 5.75 Å². The molecule has 12 nitrogen and oxygen atoms in total. The topological polar surface area (TPSA) is 156 Å². The Kier molecular flexibility index (Phi) is 5.12. The second-order valence-electron chi connectivity index (χ2n) is 5.30. The van der Waals surface area contributed by atoms with Gasteiger partial charge >= 0.3 is 5.97 Å². The van der Waals surface area contributed by atoms with Crippen molar-refractivity contribution >= 4 is 23.6 Å². The van der Waals surface area contributed by atoms with Crippen molar-refractivity contribution in [3.63, 3.8) is 0 Å². The van der Waals surface area contributed by atoms with Gasteiger partial charge in [-0.05, 0) is 29.8 Å². The fraction of sp³-hybridized carbons (Fsp3) is 0. The normalized spacial score (nSPS) is 10.7. The van der Waals surface area contributed by atoms with Crippen LogP contribution in [0.15, 0.2) is 60.2 Å². The molecule has 12 heteroatoms. The van der Waals surface area contributed by atoms with Crippen LogP contribution in [0.4, 0.5) is 11.4 Å². The zero-order valence-corrected chi connectivity index (χ0v) is 13.9. The summed E-state index contributed by atoms with van der Waals surface area (Å²) < 4.78 is 6.51. The summed E-state index contributed by atoms with van der Waals surface area (Å²) in [5, 5.41) is 33.1. The highest BCUT2D eigenvalue weighted by Gasteiger charge is 2.21. The maximum atomic E-state index is 12.2. The van der Waals surface area contributed by atoms with Gasteiger partial charge < -0.3 is 4.74 Å². The summed E-state index contributed by atoms with van der Waals surface area (Å²) in [4.78, 5) is 32.4. The molecule has 0 saturated carbocycles. The number of esters is 1. The number of aromatic nitrogens is 3. The highest BCUT2D eigenvalue weighted by molar-refractivity contribution is 5.92. The van der Waals surface area contributed by atoms with E-state index in [0.29, 0.717) is 5.56 Å². The minimum atomic E-state index is -0.960. The molecule has 0 saturated heterocycles. The van der Waals surface area contributed by atoms with E-state index < -0.39 is 27.2 Å². The van der Waals surface area contributed by atoms with Gasteiger partial charge in [-0.25, -0.2) is 9.47 Å². The number of carbonyl (C=O) groups is 1. The molecule has 0 spiro atoms. The van der Waals surface area contributed by atoms with Gasteiger partial charge in [-0.1, -0.05) is 0 Å². The van der Waals surface area contributed by atoms with E-state index in [1.54, 1.807) is 12.1 Å². The zero-order chi connectivity index (χ0) is 20.1. The summed E-state index contributed by atoms with van der Waals surface area (Å²) in [6.45, 7) is 0. The van der Waals surface area contributed by atoms with Gasteiger partial charge in [-0.3, -0.25) is 20.2 Å². The van der Waals surface area contributed by atoms with Gasteiger partial charge in [0, 0.05) is 12.1 Å². The molecule has 0 N–H and O–H groups in total. The maximum Gasteiger partial charge on any atom is 0.344 e. The van der Waals surface area contributed by atoms with Gasteiger partial charge in [-0.2, -0.15) is 5.10 Å². The monoisotopic (exact) mass is 382 g/mol. The fourth-order valence-electron chi connectivity index (χ4n) is 2.10. The SMILES string of the molecule is O=C(Oc1ccc(/C=N\n2cnnc2)cc1)c1cc([N+](=O)[O-])cc([N+](=O)[O-])c1. The standard InChI is InChI=1S/C16H10N6O6/c23-16(12-5-13(21(24)25)7-14(6-12)22(26)27)28-15-3-1-11(2-4-15)8-19-20-9-17-18-10-20/h1-10H/b19-8-. The highest BCUT2D eigenvalue weighted by Crippen LogP contribution is 2.24. The van der Waals surface area contributed by atoms with Gasteiger partial charge in [-0.15, -0.1) is 10.2 Å². The predicted octanol–water partition coefficient (Wildman–Crippen LogP) is 2.20. The lowest BCUT2D eigenvalue weighted by molar-refractivity contribution is -0.394. The van der Waals surface area contributed by atoms with Crippen LogP contribution in [0.25, 0.3) is 0 Å². The number of carbonyl (C=O) groups excluding carboxylic acids is 1. The molecule has 140 valence electrons. The predicted molar refractivity (Wildman–Crippen MR) is 94.2 cm³/mol. The van der Waals surface area contributed by atoms with E-state index in [9.17, 15) is 25.0 Å². The molecule has 0 aliphatic carbocycles. The third-order valence-corrected chi connectivity index (χ3v) is 3.40. The van der Waals surface area contributed by atoms with Crippen LogP contribution >= 0.6 is 0 Å². The van der Waals surface area contributed by atoms with Gasteiger partial charge in [0.15, 0.2) is 0 Å². The van der Waals surface area contributed by atoms with Crippen molar-refractivity contribution in [2.45, 2.75) is 0 Å². The van der Waals surface area contributed by atoms with E-state index in [-0.39, 0.29) is 11.3 Å². The van der Waals surface area contributed by atoms with Crippen LogP contribution in [-0.4, -0.2) is 36.9 Å². The van der Waals surface area contributed by atoms with E-state index in [2.05, 4.69) is 15.3 Å². The minimum Gasteiger partial charge on any atom is -0.423 e. The van der Waals surface area contributed by atoms with E-state index in [1.165, 1.54) is 35.7 Å². The number of rotatable bonds is 6. The lowest BCUT2D eigenvalue weighted by atomic mass is 10.1. The van der Waals surface area contributed by atoms with E-state index in [1.807, 2.05) is 0 Å². The van der Waals surface area contributed by atoms with Crippen LogP contribution in [-0.2, 0) is 0 Å². The quantitative estimate of drug-likeness (QED) is 0.206. The Morgan fingerprint density at radius 3 is 2.11 bits per heavy atom. The number of non-ortho nitro benzene ring substituents is 2. The largest absolute Gasteiger partial charge is 0.423 e. The molecule has 0 aliphatic rings. The highest BCUT2D eigenvalue weighted by atomic mass is 16.6. The maximum absolute atomic E-state index is 12.2. The van der Waals surface area contributed by atoms with Gasteiger partial charge in [0.2, 0.25) is 0 Å². The lowest BCUT2D eigenvalue weighted by Crippen LogP contribution is -2.09. The van der Waals surface area contributed by atoms with Crippen LogP contribution in [0.5, 0.6) is 5.75 Å². The second-order valence-corrected chi connectivity index (χ2v) is 5.30. The minimum absolute atomic E-state index is 0.153. The molecular formula is C16H10N6O6. The number of ether oxygens (including phenoxy) is 1. The van der Waals surface area contributed by atoms with Crippen molar-refractivity contribution in [1.82, 2.24) is 14.9 Å². The molecule has 0 aliphatic heterocycles. The Labute approximate surface area is 156 Å². The van der Waals surface area contributed by atoms with E-state index >= 15 is 0 Å². The van der Waals surface area contributed by atoms with Crippen molar-refractivity contribution < 1.29 is 19.4 Å². The summed E-state index contributed by atoms with van der Waals surface area (Å²) in [5.74, 6) is -0.807. The van der Waals surface area contributed by atoms with Crippen LogP contribution in [0.3, 0.4) is 0 Å². The Balaban J connectivity index is 1.75. The second kappa shape index (κ2) is 7.82. The molecule has 0 unspecified atom stereocenters. The van der Waals surface area contributed by atoms with Crippen molar-refractivity contribution in [1.29, 1.82) is 0 Å². The summed E-state index contributed by atoms with van der Waals surface area (Å²) in [7, 11) is 0. The molecule has 28 heavy (non-hydrogen) atoms. The van der Waals surface area contributed by atoms with Crippen LogP contribution in [0, 0.1) is 20.2 Å². The fourth-order valence-corrected chi connectivity index (χ4v) is 2.10. The van der Waals surface area contributed by atoms with E-state index in [4.69, 9.17) is 4.74 Å². The van der Waals surface area contributed by atoms with Crippen LogP contribution in [0.1, 0.15) is 15.9 Å². The number of nitro groups is 2. The number of hydrogen-bond donors (Lipinski definition) is 0. The first-order chi connectivity index (χ1) is 13.4. The lowest BCUT2D eigenvalue weighted by Gasteiger charge is -2.05. The summed E-state index contributed by atoms with van der Waals surface area (Å²) >= 11 is 0. The summed E-state index contributed by atoms with van der Waals surface area (Å²) in [6.07, 6.45) is 4.34. The molecule has 3 rings (SSSR count). The Bertz CT molecular complexity index is 1030. The Morgan fingerprint density at radius 2 is 1.57 bits per heavy atom. The number of hydrogen-bond acceptors (Lipinski definition) is 9. The average Bonchev–Trinajstić information content (AvgIpc) is 3.20. The van der Waals surface area contributed by atoms with Gasteiger partial charge in [0.05, 0.1) is 27.7 Å². The molecule has 1 aromatic heterocycles.